The van der Waals surface area contributed by atoms with E-state index in [1.165, 1.54) is 38.5 Å². The van der Waals surface area contributed by atoms with Gasteiger partial charge in [0.05, 0.1) is 0 Å². The van der Waals surface area contributed by atoms with E-state index in [9.17, 15) is 4.79 Å². The Balaban J connectivity index is 0.00000288. The third kappa shape index (κ3) is 10.6. The summed E-state index contributed by atoms with van der Waals surface area (Å²) >= 11 is 0. The van der Waals surface area contributed by atoms with Crippen LogP contribution in [0.4, 0.5) is 0 Å². The van der Waals surface area contributed by atoms with Crippen LogP contribution in [-0.4, -0.2) is 74.1 Å². The molecule has 0 bridgehead atoms. The van der Waals surface area contributed by atoms with Crippen molar-refractivity contribution in [2.75, 3.05) is 52.4 Å². The van der Waals surface area contributed by atoms with Gasteiger partial charge in [0.1, 0.15) is 0 Å². The summed E-state index contributed by atoms with van der Waals surface area (Å²) in [4.78, 5) is 16.8. The Labute approximate surface area is 166 Å². The Kier molecular flexibility index (Phi) is 15.0. The molecule has 0 radical (unpaired) electrons. The van der Waals surface area contributed by atoms with Gasteiger partial charge in [0.25, 0.3) is 0 Å². The highest BCUT2D eigenvalue weighted by atomic mass is 35.5. The third-order valence-electron chi connectivity index (χ3n) is 5.30. The van der Waals surface area contributed by atoms with Crippen LogP contribution in [0.25, 0.3) is 0 Å². The molecule has 1 saturated carbocycles. The van der Waals surface area contributed by atoms with E-state index in [-0.39, 0.29) is 30.7 Å². The largest absolute Gasteiger partial charge is 0.355 e. The zero-order valence-corrected chi connectivity index (χ0v) is 17.4. The molecule has 5 nitrogen and oxygen atoms in total. The number of carbonyl (C=O) groups excluding carboxylic acids is 1. The molecule has 0 unspecified atom stereocenters. The van der Waals surface area contributed by atoms with Crippen LogP contribution in [-0.2, 0) is 4.79 Å². The molecule has 2 N–H and O–H groups in total. The van der Waals surface area contributed by atoms with Gasteiger partial charge < -0.3 is 20.4 Å². The first kappa shape index (κ1) is 24.9. The lowest BCUT2D eigenvalue weighted by molar-refractivity contribution is -0.121. The Hall–Kier alpha value is -0.0700. The van der Waals surface area contributed by atoms with E-state index in [1.54, 1.807) is 0 Å². The highest BCUT2D eigenvalue weighted by Crippen LogP contribution is 2.16. The van der Waals surface area contributed by atoms with Crippen molar-refractivity contribution in [1.29, 1.82) is 0 Å². The minimum Gasteiger partial charge on any atom is -0.355 e. The molecule has 0 aromatic rings. The van der Waals surface area contributed by atoms with Gasteiger partial charge in [0.2, 0.25) is 5.91 Å². The maximum atomic E-state index is 11.9. The number of halogens is 2. The van der Waals surface area contributed by atoms with Crippen molar-refractivity contribution in [3.8, 4) is 0 Å². The van der Waals surface area contributed by atoms with E-state index in [2.05, 4.69) is 27.4 Å². The summed E-state index contributed by atoms with van der Waals surface area (Å²) in [6, 6.07) is 0.671. The molecule has 7 heteroatoms. The van der Waals surface area contributed by atoms with E-state index >= 15 is 0 Å². The molecule has 1 aliphatic carbocycles. The summed E-state index contributed by atoms with van der Waals surface area (Å²) in [6.07, 6.45) is 8.73. The fraction of sp³-hybridized carbons (Fsp3) is 0.944. The van der Waals surface area contributed by atoms with Crippen LogP contribution in [0.3, 0.4) is 0 Å². The SMILES string of the molecule is CCN1CCN(CCC(=O)NCCNC2CCCCCC2)CC1.Cl.Cl. The van der Waals surface area contributed by atoms with Crippen molar-refractivity contribution < 1.29 is 4.79 Å². The Bertz CT molecular complexity index is 331. The minimum absolute atomic E-state index is 0. The molecule has 25 heavy (non-hydrogen) atoms. The van der Waals surface area contributed by atoms with Gasteiger partial charge in [-0.25, -0.2) is 0 Å². The Morgan fingerprint density at radius 3 is 2.12 bits per heavy atom. The Morgan fingerprint density at radius 2 is 1.52 bits per heavy atom. The number of piperazine rings is 1. The molecule has 0 atom stereocenters. The second-order valence-electron chi connectivity index (χ2n) is 7.02. The second kappa shape index (κ2) is 15.0. The summed E-state index contributed by atoms with van der Waals surface area (Å²) in [5.41, 5.74) is 0. The second-order valence-corrected chi connectivity index (χ2v) is 7.02. The summed E-state index contributed by atoms with van der Waals surface area (Å²) < 4.78 is 0. The third-order valence-corrected chi connectivity index (χ3v) is 5.30. The zero-order valence-electron chi connectivity index (χ0n) is 15.8. The van der Waals surface area contributed by atoms with Crippen molar-refractivity contribution in [2.45, 2.75) is 57.9 Å². The monoisotopic (exact) mass is 396 g/mol. The molecule has 150 valence electrons. The lowest BCUT2D eigenvalue weighted by Gasteiger charge is -2.33. The predicted molar refractivity (Wildman–Crippen MR) is 110 cm³/mol. The van der Waals surface area contributed by atoms with E-state index in [0.29, 0.717) is 12.5 Å². The van der Waals surface area contributed by atoms with E-state index in [1.807, 2.05) is 0 Å². The van der Waals surface area contributed by atoms with Crippen LogP contribution < -0.4 is 10.6 Å². The van der Waals surface area contributed by atoms with Gasteiger partial charge in [-0.1, -0.05) is 32.6 Å². The first-order valence-corrected chi connectivity index (χ1v) is 9.72. The van der Waals surface area contributed by atoms with Gasteiger partial charge in [-0.05, 0) is 19.4 Å². The number of nitrogens with zero attached hydrogens (tertiary/aromatic N) is 2. The fourth-order valence-electron chi connectivity index (χ4n) is 3.64. The molecule has 1 heterocycles. The standard InChI is InChI=1S/C18H36N4O.2ClH/c1-2-21-13-15-22(16-14-21)12-9-18(23)20-11-10-19-17-7-5-3-4-6-8-17;;/h17,19H,2-16H2,1H3,(H,20,23);2*1H. The predicted octanol–water partition coefficient (Wildman–Crippen LogP) is 2.29. The molecule has 1 saturated heterocycles. The lowest BCUT2D eigenvalue weighted by atomic mass is 10.1. The first-order valence-electron chi connectivity index (χ1n) is 9.72. The maximum Gasteiger partial charge on any atom is 0.221 e. The van der Waals surface area contributed by atoms with Gasteiger partial charge in [-0.3, -0.25) is 4.79 Å². The van der Waals surface area contributed by atoms with Gasteiger partial charge >= 0.3 is 0 Å². The van der Waals surface area contributed by atoms with Crippen LogP contribution in [0.1, 0.15) is 51.9 Å². The topological polar surface area (TPSA) is 47.6 Å². The maximum absolute atomic E-state index is 11.9. The number of rotatable bonds is 8. The fourth-order valence-corrected chi connectivity index (χ4v) is 3.64. The average Bonchev–Trinajstić information content (AvgIpc) is 2.86. The smallest absolute Gasteiger partial charge is 0.221 e. The van der Waals surface area contributed by atoms with E-state index in [4.69, 9.17) is 0 Å². The van der Waals surface area contributed by atoms with Crippen LogP contribution in [0, 0.1) is 0 Å². The minimum atomic E-state index is 0. The highest BCUT2D eigenvalue weighted by Gasteiger charge is 2.16. The van der Waals surface area contributed by atoms with Gasteiger partial charge in [-0.2, -0.15) is 0 Å². The van der Waals surface area contributed by atoms with Gasteiger partial charge in [-0.15, -0.1) is 24.8 Å². The zero-order chi connectivity index (χ0) is 16.3. The van der Waals surface area contributed by atoms with Crippen molar-refractivity contribution >= 4 is 30.7 Å². The average molecular weight is 397 g/mol. The number of hydrogen-bond acceptors (Lipinski definition) is 4. The van der Waals surface area contributed by atoms with Crippen LogP contribution in [0.5, 0.6) is 0 Å². The number of likely N-dealkylation sites (N-methyl/N-ethyl adjacent to an activating group) is 1. The van der Waals surface area contributed by atoms with Crippen LogP contribution in [0.15, 0.2) is 0 Å². The number of hydrogen-bond donors (Lipinski definition) is 2. The summed E-state index contributed by atoms with van der Waals surface area (Å²) in [6.45, 7) is 10.4. The molecular formula is C18H38Cl2N4O. The molecule has 0 aromatic carbocycles. The quantitative estimate of drug-likeness (QED) is 0.487. The van der Waals surface area contributed by atoms with Crippen molar-refractivity contribution in [3.05, 3.63) is 0 Å². The molecule has 2 rings (SSSR count). The van der Waals surface area contributed by atoms with Crippen LogP contribution >= 0.6 is 24.8 Å². The lowest BCUT2D eigenvalue weighted by Crippen LogP contribution is -2.47. The molecule has 2 fully saturated rings. The summed E-state index contributed by atoms with van der Waals surface area (Å²) in [5, 5.41) is 6.66. The molecular weight excluding hydrogens is 359 g/mol. The summed E-state index contributed by atoms with van der Waals surface area (Å²) in [7, 11) is 0. The normalized spacial score (nSPS) is 20.2. The highest BCUT2D eigenvalue weighted by molar-refractivity contribution is 5.85. The van der Waals surface area contributed by atoms with Crippen molar-refractivity contribution in [1.82, 2.24) is 20.4 Å². The van der Waals surface area contributed by atoms with Gasteiger partial charge in [0.15, 0.2) is 0 Å². The molecule has 2 aliphatic rings. The van der Waals surface area contributed by atoms with Crippen molar-refractivity contribution in [2.24, 2.45) is 0 Å². The number of amides is 1. The molecule has 1 amide bonds. The van der Waals surface area contributed by atoms with Gasteiger partial charge in [0, 0.05) is 58.3 Å². The number of carbonyl (C=O) groups is 1. The number of nitrogens with one attached hydrogen (secondary N) is 2. The van der Waals surface area contributed by atoms with Crippen molar-refractivity contribution in [3.63, 3.8) is 0 Å². The molecule has 0 spiro atoms. The first-order chi connectivity index (χ1) is 11.3. The molecule has 1 aliphatic heterocycles. The van der Waals surface area contributed by atoms with Crippen LogP contribution in [0.2, 0.25) is 0 Å². The Morgan fingerprint density at radius 1 is 0.920 bits per heavy atom. The van der Waals surface area contributed by atoms with E-state index < -0.39 is 0 Å². The molecule has 0 aromatic heterocycles. The van der Waals surface area contributed by atoms with E-state index in [0.717, 1.165) is 52.4 Å². The summed E-state index contributed by atoms with van der Waals surface area (Å²) in [5.74, 6) is 0.200.